The first kappa shape index (κ1) is 10.1. The highest BCUT2D eigenvalue weighted by atomic mass is 32.2. The van der Waals surface area contributed by atoms with E-state index in [1.807, 2.05) is 12.1 Å². The van der Waals surface area contributed by atoms with Crippen molar-refractivity contribution in [2.45, 2.75) is 18.4 Å². The lowest BCUT2D eigenvalue weighted by atomic mass is 10.2. The lowest BCUT2D eigenvalue weighted by Crippen LogP contribution is -1.89. The van der Waals surface area contributed by atoms with Gasteiger partial charge in [-0.3, -0.25) is 0 Å². The summed E-state index contributed by atoms with van der Waals surface area (Å²) in [5, 5.41) is 9.84. The maximum atomic E-state index is 8.59. The molecule has 0 aliphatic heterocycles. The number of rotatable bonds is 3. The van der Waals surface area contributed by atoms with Gasteiger partial charge >= 0.3 is 0 Å². The average Bonchev–Trinajstić information content (AvgIpc) is 2.65. The first-order valence-electron chi connectivity index (χ1n) is 4.94. The van der Waals surface area contributed by atoms with E-state index in [1.165, 1.54) is 15.8 Å². The second kappa shape index (κ2) is 4.41. The Labute approximate surface area is 93.5 Å². The van der Waals surface area contributed by atoms with E-state index in [-0.39, 0.29) is 0 Å². The summed E-state index contributed by atoms with van der Waals surface area (Å²) < 4.78 is 2.22. The minimum atomic E-state index is 0.512. The second-order valence-electron chi connectivity index (χ2n) is 3.24. The van der Waals surface area contributed by atoms with Crippen molar-refractivity contribution in [1.82, 2.24) is 4.57 Å². The third-order valence-corrected chi connectivity index (χ3v) is 3.29. The van der Waals surface area contributed by atoms with E-state index in [9.17, 15) is 0 Å². The maximum Gasteiger partial charge on any atom is 0.0856 e. The Morgan fingerprint density at radius 3 is 2.93 bits per heavy atom. The number of aromatic nitrogens is 1. The highest BCUT2D eigenvalue weighted by Gasteiger charge is 2.06. The van der Waals surface area contributed by atoms with Gasteiger partial charge in [0.1, 0.15) is 0 Å². The molecule has 2 nitrogen and oxygen atoms in total. The van der Waals surface area contributed by atoms with Crippen LogP contribution in [0.25, 0.3) is 10.9 Å². The molecule has 0 saturated heterocycles. The van der Waals surface area contributed by atoms with Gasteiger partial charge in [-0.1, -0.05) is 18.2 Å². The van der Waals surface area contributed by atoms with Crippen LogP contribution >= 0.6 is 11.8 Å². The predicted octanol–water partition coefficient (Wildman–Crippen LogP) is 3.28. The molecule has 1 aromatic heterocycles. The van der Waals surface area contributed by atoms with E-state index in [2.05, 4.69) is 35.9 Å². The molecule has 2 aromatic rings. The van der Waals surface area contributed by atoms with Gasteiger partial charge in [0.2, 0.25) is 0 Å². The van der Waals surface area contributed by atoms with Crippen LogP contribution in [-0.4, -0.2) is 10.3 Å². The molecule has 0 aliphatic carbocycles. The summed E-state index contributed by atoms with van der Waals surface area (Å²) >= 11 is 1.60. The molecule has 0 radical (unpaired) electrons. The molecule has 0 fully saturated rings. The van der Waals surface area contributed by atoms with Crippen LogP contribution < -0.4 is 0 Å². The van der Waals surface area contributed by atoms with E-state index in [0.717, 1.165) is 6.54 Å². The molecule has 0 bridgehead atoms. The Morgan fingerprint density at radius 2 is 2.20 bits per heavy atom. The molecule has 0 N–H and O–H groups in total. The standard InChI is InChI=1S/C12H12N2S/c1-2-14-9-12(15-8-7-13)10-5-3-4-6-11(10)14/h3-6,9H,2,8H2,1H3. The fourth-order valence-electron chi connectivity index (χ4n) is 1.70. The number of fused-ring (bicyclic) bond motifs is 1. The van der Waals surface area contributed by atoms with Crippen molar-refractivity contribution in [2.24, 2.45) is 0 Å². The molecule has 2 rings (SSSR count). The molecule has 15 heavy (non-hydrogen) atoms. The molecule has 0 unspecified atom stereocenters. The molecule has 0 aliphatic rings. The van der Waals surface area contributed by atoms with E-state index >= 15 is 0 Å². The van der Waals surface area contributed by atoms with Gasteiger partial charge in [-0.15, -0.1) is 11.8 Å². The first-order valence-corrected chi connectivity index (χ1v) is 5.93. The topological polar surface area (TPSA) is 28.7 Å². The fourth-order valence-corrected chi connectivity index (χ4v) is 2.45. The summed E-state index contributed by atoms with van der Waals surface area (Å²) in [6.45, 7) is 3.10. The average molecular weight is 216 g/mol. The van der Waals surface area contributed by atoms with Gasteiger partial charge in [0, 0.05) is 28.5 Å². The summed E-state index contributed by atoms with van der Waals surface area (Å²) in [7, 11) is 0. The lowest BCUT2D eigenvalue weighted by molar-refractivity contribution is 0.792. The zero-order valence-electron chi connectivity index (χ0n) is 8.60. The monoisotopic (exact) mass is 216 g/mol. The number of benzene rings is 1. The summed E-state index contributed by atoms with van der Waals surface area (Å²) in [4.78, 5) is 1.20. The molecule has 76 valence electrons. The Bertz CT molecular complexity index is 508. The van der Waals surface area contributed by atoms with Crippen molar-refractivity contribution in [2.75, 3.05) is 5.75 Å². The first-order chi connectivity index (χ1) is 7.36. The quantitative estimate of drug-likeness (QED) is 0.737. The van der Waals surface area contributed by atoms with Gasteiger partial charge in [-0.05, 0) is 13.0 Å². The molecule has 3 heteroatoms. The molecule has 0 saturated carbocycles. The lowest BCUT2D eigenvalue weighted by Gasteiger charge is -1.97. The largest absolute Gasteiger partial charge is 0.347 e. The van der Waals surface area contributed by atoms with Crippen molar-refractivity contribution in [3.8, 4) is 6.07 Å². The summed E-state index contributed by atoms with van der Waals surface area (Å²) in [5.41, 5.74) is 1.25. The van der Waals surface area contributed by atoms with Crippen molar-refractivity contribution in [3.63, 3.8) is 0 Å². The normalized spacial score (nSPS) is 10.4. The Kier molecular flexibility index (Phi) is 2.98. The minimum absolute atomic E-state index is 0.512. The Morgan fingerprint density at radius 1 is 1.40 bits per heavy atom. The molecule has 0 spiro atoms. The summed E-state index contributed by atoms with van der Waals surface area (Å²) in [6, 6.07) is 10.5. The molecular weight excluding hydrogens is 204 g/mol. The molecule has 1 heterocycles. The van der Waals surface area contributed by atoms with Crippen LogP contribution in [0, 0.1) is 11.3 Å². The van der Waals surface area contributed by atoms with Crippen LogP contribution in [0.15, 0.2) is 35.4 Å². The fraction of sp³-hybridized carbons (Fsp3) is 0.250. The number of aryl methyl sites for hydroxylation is 1. The molecule has 1 aromatic carbocycles. The smallest absolute Gasteiger partial charge is 0.0856 e. The number of para-hydroxylation sites is 1. The van der Waals surface area contributed by atoms with E-state index in [1.54, 1.807) is 11.8 Å². The highest BCUT2D eigenvalue weighted by Crippen LogP contribution is 2.29. The zero-order valence-corrected chi connectivity index (χ0v) is 9.42. The number of hydrogen-bond donors (Lipinski definition) is 0. The molecular formula is C12H12N2S. The number of nitrogens with zero attached hydrogens (tertiary/aromatic N) is 2. The number of nitriles is 1. The van der Waals surface area contributed by atoms with Gasteiger partial charge in [0.25, 0.3) is 0 Å². The molecule has 0 atom stereocenters. The van der Waals surface area contributed by atoms with Crippen molar-refractivity contribution in [3.05, 3.63) is 30.5 Å². The van der Waals surface area contributed by atoms with Gasteiger partial charge in [0.05, 0.1) is 11.8 Å². The second-order valence-corrected chi connectivity index (χ2v) is 4.26. The van der Waals surface area contributed by atoms with Crippen molar-refractivity contribution >= 4 is 22.7 Å². The SMILES string of the molecule is CCn1cc(SCC#N)c2ccccc21. The minimum Gasteiger partial charge on any atom is -0.347 e. The van der Waals surface area contributed by atoms with E-state index in [4.69, 9.17) is 5.26 Å². The van der Waals surface area contributed by atoms with Crippen molar-refractivity contribution < 1.29 is 0 Å². The predicted molar refractivity (Wildman–Crippen MR) is 63.9 cm³/mol. The maximum absolute atomic E-state index is 8.59. The zero-order chi connectivity index (χ0) is 10.7. The van der Waals surface area contributed by atoms with Crippen LogP contribution in [0.5, 0.6) is 0 Å². The highest BCUT2D eigenvalue weighted by molar-refractivity contribution is 7.99. The summed E-state index contributed by atoms with van der Waals surface area (Å²) in [6.07, 6.45) is 2.13. The van der Waals surface area contributed by atoms with Crippen molar-refractivity contribution in [1.29, 1.82) is 5.26 Å². The summed E-state index contributed by atoms with van der Waals surface area (Å²) in [5.74, 6) is 0.512. The van der Waals surface area contributed by atoms with Crippen LogP contribution in [0.2, 0.25) is 0 Å². The Balaban J connectivity index is 2.51. The Hall–Kier alpha value is -1.40. The number of thioether (sulfide) groups is 1. The van der Waals surface area contributed by atoms with Crippen LogP contribution in [0.1, 0.15) is 6.92 Å². The van der Waals surface area contributed by atoms with Crippen LogP contribution in [0.3, 0.4) is 0 Å². The van der Waals surface area contributed by atoms with E-state index in [0.29, 0.717) is 5.75 Å². The van der Waals surface area contributed by atoms with Gasteiger partial charge in [-0.25, -0.2) is 0 Å². The van der Waals surface area contributed by atoms with Gasteiger partial charge < -0.3 is 4.57 Å². The van der Waals surface area contributed by atoms with Crippen LogP contribution in [-0.2, 0) is 6.54 Å². The molecule has 0 amide bonds. The number of hydrogen-bond acceptors (Lipinski definition) is 2. The van der Waals surface area contributed by atoms with Gasteiger partial charge in [-0.2, -0.15) is 5.26 Å². The van der Waals surface area contributed by atoms with Gasteiger partial charge in [0.15, 0.2) is 0 Å². The van der Waals surface area contributed by atoms with E-state index < -0.39 is 0 Å². The third kappa shape index (κ3) is 1.86. The van der Waals surface area contributed by atoms with Crippen LogP contribution in [0.4, 0.5) is 0 Å². The third-order valence-electron chi connectivity index (χ3n) is 2.38.